The van der Waals surface area contributed by atoms with Crippen LogP contribution in [-0.2, 0) is 0 Å². The second-order valence-corrected chi connectivity index (χ2v) is 6.23. The molecule has 1 aromatic carbocycles. The second kappa shape index (κ2) is 6.44. The van der Waals surface area contributed by atoms with E-state index < -0.39 is 0 Å². The lowest BCUT2D eigenvalue weighted by Crippen LogP contribution is -2.22. The molecule has 1 aromatic heterocycles. The summed E-state index contributed by atoms with van der Waals surface area (Å²) in [5, 5.41) is 2.86. The predicted molar refractivity (Wildman–Crippen MR) is 90.3 cm³/mol. The number of nitrogens with one attached hydrogen (secondary N) is 1. The molecule has 22 heavy (non-hydrogen) atoms. The minimum atomic E-state index is -0.215. The number of amides is 1. The van der Waals surface area contributed by atoms with Crippen molar-refractivity contribution in [1.82, 2.24) is 9.97 Å². The first kappa shape index (κ1) is 15.0. The van der Waals surface area contributed by atoms with Crippen molar-refractivity contribution in [1.29, 1.82) is 0 Å². The molecule has 2 heterocycles. The Balaban J connectivity index is 1.80. The standard InChI is InChI=1S/C16H17BrN4O/c1-11-18-14(10-15(19-11)21-8-2-3-9-21)16(22)20-13-6-4-12(17)5-7-13/h4-7,10H,2-3,8-9H2,1H3,(H,20,22). The highest BCUT2D eigenvalue weighted by Gasteiger charge is 2.17. The van der Waals surface area contributed by atoms with Crippen molar-refractivity contribution >= 4 is 33.3 Å². The average Bonchev–Trinajstić information content (AvgIpc) is 3.03. The first-order valence-corrected chi connectivity index (χ1v) is 8.09. The van der Waals surface area contributed by atoms with Gasteiger partial charge in [-0.3, -0.25) is 4.79 Å². The van der Waals surface area contributed by atoms with Crippen LogP contribution in [0, 0.1) is 6.92 Å². The third kappa shape index (κ3) is 3.44. The zero-order chi connectivity index (χ0) is 15.5. The van der Waals surface area contributed by atoms with Crippen LogP contribution in [0.25, 0.3) is 0 Å². The van der Waals surface area contributed by atoms with E-state index >= 15 is 0 Å². The summed E-state index contributed by atoms with van der Waals surface area (Å²) in [6.07, 6.45) is 2.34. The van der Waals surface area contributed by atoms with Gasteiger partial charge >= 0.3 is 0 Å². The van der Waals surface area contributed by atoms with Crippen molar-refractivity contribution in [2.45, 2.75) is 19.8 Å². The Morgan fingerprint density at radius 1 is 1.18 bits per heavy atom. The maximum Gasteiger partial charge on any atom is 0.274 e. The van der Waals surface area contributed by atoms with E-state index in [1.54, 1.807) is 6.07 Å². The Kier molecular flexibility index (Phi) is 4.38. The SMILES string of the molecule is Cc1nc(C(=O)Nc2ccc(Br)cc2)cc(N2CCCC2)n1. The number of nitrogens with zero attached hydrogens (tertiary/aromatic N) is 3. The fourth-order valence-corrected chi connectivity index (χ4v) is 2.77. The van der Waals surface area contributed by atoms with Gasteiger partial charge < -0.3 is 10.2 Å². The molecule has 1 N–H and O–H groups in total. The lowest BCUT2D eigenvalue weighted by Gasteiger charge is -2.17. The van der Waals surface area contributed by atoms with Crippen LogP contribution in [0.2, 0.25) is 0 Å². The summed E-state index contributed by atoms with van der Waals surface area (Å²) >= 11 is 3.37. The van der Waals surface area contributed by atoms with E-state index in [9.17, 15) is 4.79 Å². The Labute approximate surface area is 137 Å². The number of hydrogen-bond donors (Lipinski definition) is 1. The minimum Gasteiger partial charge on any atom is -0.356 e. The molecule has 0 radical (unpaired) electrons. The molecule has 0 bridgehead atoms. The van der Waals surface area contributed by atoms with Crippen LogP contribution in [0.1, 0.15) is 29.2 Å². The number of benzene rings is 1. The van der Waals surface area contributed by atoms with E-state index in [0.717, 1.165) is 29.1 Å². The summed E-state index contributed by atoms with van der Waals surface area (Å²) in [6.45, 7) is 3.80. The molecule has 0 saturated carbocycles. The van der Waals surface area contributed by atoms with Gasteiger partial charge in [0, 0.05) is 29.3 Å². The van der Waals surface area contributed by atoms with Crippen molar-refractivity contribution in [2.24, 2.45) is 0 Å². The van der Waals surface area contributed by atoms with Crippen LogP contribution in [0.3, 0.4) is 0 Å². The summed E-state index contributed by atoms with van der Waals surface area (Å²) in [7, 11) is 0. The molecular formula is C16H17BrN4O. The zero-order valence-electron chi connectivity index (χ0n) is 12.3. The molecule has 114 valence electrons. The Bertz CT molecular complexity index is 681. The summed E-state index contributed by atoms with van der Waals surface area (Å²) in [5.74, 6) is 1.24. The molecule has 0 atom stereocenters. The van der Waals surface area contributed by atoms with Crippen molar-refractivity contribution in [3.8, 4) is 0 Å². The van der Waals surface area contributed by atoms with Crippen LogP contribution >= 0.6 is 15.9 Å². The summed E-state index contributed by atoms with van der Waals surface area (Å²) in [5.41, 5.74) is 1.14. The van der Waals surface area contributed by atoms with Gasteiger partial charge in [0.15, 0.2) is 0 Å². The number of hydrogen-bond acceptors (Lipinski definition) is 4. The van der Waals surface area contributed by atoms with Crippen LogP contribution in [-0.4, -0.2) is 29.0 Å². The van der Waals surface area contributed by atoms with Gasteiger partial charge in [-0.25, -0.2) is 9.97 Å². The fraction of sp³-hybridized carbons (Fsp3) is 0.312. The number of aryl methyl sites for hydroxylation is 1. The van der Waals surface area contributed by atoms with Gasteiger partial charge in [0.2, 0.25) is 0 Å². The third-order valence-corrected chi connectivity index (χ3v) is 4.12. The van der Waals surface area contributed by atoms with Gasteiger partial charge in [-0.1, -0.05) is 15.9 Å². The van der Waals surface area contributed by atoms with Gasteiger partial charge in [0.05, 0.1) is 0 Å². The molecule has 1 aliphatic rings. The highest BCUT2D eigenvalue weighted by atomic mass is 79.9. The monoisotopic (exact) mass is 360 g/mol. The largest absolute Gasteiger partial charge is 0.356 e. The van der Waals surface area contributed by atoms with E-state index in [4.69, 9.17) is 0 Å². The number of rotatable bonds is 3. The molecule has 1 amide bonds. The fourth-order valence-electron chi connectivity index (χ4n) is 2.50. The molecule has 0 aliphatic carbocycles. The first-order valence-electron chi connectivity index (χ1n) is 7.29. The second-order valence-electron chi connectivity index (χ2n) is 5.31. The van der Waals surface area contributed by atoms with E-state index in [1.165, 1.54) is 12.8 Å². The number of anilines is 2. The minimum absolute atomic E-state index is 0.215. The van der Waals surface area contributed by atoms with Crippen LogP contribution < -0.4 is 10.2 Å². The molecule has 1 fully saturated rings. The summed E-state index contributed by atoms with van der Waals surface area (Å²) in [4.78, 5) is 23.3. The molecule has 1 saturated heterocycles. The third-order valence-electron chi connectivity index (χ3n) is 3.59. The van der Waals surface area contributed by atoms with Crippen molar-refractivity contribution in [3.63, 3.8) is 0 Å². The lowest BCUT2D eigenvalue weighted by atomic mass is 10.3. The number of halogens is 1. The van der Waals surface area contributed by atoms with Crippen molar-refractivity contribution < 1.29 is 4.79 Å². The average molecular weight is 361 g/mol. The van der Waals surface area contributed by atoms with Crippen LogP contribution in [0.15, 0.2) is 34.8 Å². The van der Waals surface area contributed by atoms with Crippen molar-refractivity contribution in [2.75, 3.05) is 23.3 Å². The smallest absolute Gasteiger partial charge is 0.274 e. The van der Waals surface area contributed by atoms with E-state index in [-0.39, 0.29) is 5.91 Å². The highest BCUT2D eigenvalue weighted by molar-refractivity contribution is 9.10. The molecule has 0 spiro atoms. The number of aromatic nitrogens is 2. The van der Waals surface area contributed by atoms with Gasteiger partial charge in [0.1, 0.15) is 17.3 Å². The van der Waals surface area contributed by atoms with Gasteiger partial charge in [-0.05, 0) is 44.0 Å². The van der Waals surface area contributed by atoms with Crippen molar-refractivity contribution in [3.05, 3.63) is 46.3 Å². The topological polar surface area (TPSA) is 58.1 Å². The summed E-state index contributed by atoms with van der Waals surface area (Å²) in [6, 6.07) is 9.23. The molecule has 1 aliphatic heterocycles. The van der Waals surface area contributed by atoms with E-state index in [1.807, 2.05) is 31.2 Å². The van der Waals surface area contributed by atoms with Crippen LogP contribution in [0.5, 0.6) is 0 Å². The molecule has 6 heteroatoms. The zero-order valence-corrected chi connectivity index (χ0v) is 13.9. The Morgan fingerprint density at radius 2 is 1.86 bits per heavy atom. The van der Waals surface area contributed by atoms with Gasteiger partial charge in [-0.2, -0.15) is 0 Å². The summed E-state index contributed by atoms with van der Waals surface area (Å²) < 4.78 is 0.972. The number of carbonyl (C=O) groups is 1. The van der Waals surface area contributed by atoms with Gasteiger partial charge in [0.25, 0.3) is 5.91 Å². The Hall–Kier alpha value is -1.95. The number of carbonyl (C=O) groups excluding carboxylic acids is 1. The van der Waals surface area contributed by atoms with Gasteiger partial charge in [-0.15, -0.1) is 0 Å². The highest BCUT2D eigenvalue weighted by Crippen LogP contribution is 2.20. The maximum atomic E-state index is 12.4. The molecule has 5 nitrogen and oxygen atoms in total. The predicted octanol–water partition coefficient (Wildman–Crippen LogP) is 3.40. The van der Waals surface area contributed by atoms with E-state index in [0.29, 0.717) is 11.5 Å². The molecular weight excluding hydrogens is 344 g/mol. The molecule has 0 unspecified atom stereocenters. The first-order chi connectivity index (χ1) is 10.6. The molecule has 2 aromatic rings. The normalized spacial score (nSPS) is 14.2. The quantitative estimate of drug-likeness (QED) is 0.911. The Morgan fingerprint density at radius 3 is 2.55 bits per heavy atom. The lowest BCUT2D eigenvalue weighted by molar-refractivity contribution is 0.102. The van der Waals surface area contributed by atoms with E-state index in [2.05, 4.69) is 36.1 Å². The van der Waals surface area contributed by atoms with Crippen LogP contribution in [0.4, 0.5) is 11.5 Å². The maximum absolute atomic E-state index is 12.4. The molecule has 3 rings (SSSR count).